The van der Waals surface area contributed by atoms with Crippen LogP contribution in [0.5, 0.6) is 0 Å². The number of amides is 3. The van der Waals surface area contributed by atoms with E-state index in [4.69, 9.17) is 4.74 Å². The Morgan fingerprint density at radius 1 is 1.03 bits per heavy atom. The normalized spacial score (nSPS) is 15.7. The number of esters is 1. The van der Waals surface area contributed by atoms with Crippen LogP contribution >= 0.6 is 0 Å². The summed E-state index contributed by atoms with van der Waals surface area (Å²) in [6.45, 7) is 1.61. The van der Waals surface area contributed by atoms with E-state index in [2.05, 4.69) is 10.6 Å². The predicted molar refractivity (Wildman–Crippen MR) is 108 cm³/mol. The number of ether oxygens (including phenoxy) is 1. The lowest BCUT2D eigenvalue weighted by molar-refractivity contribution is -0.122. The predicted octanol–water partition coefficient (Wildman–Crippen LogP) is 2.42. The van der Waals surface area contributed by atoms with E-state index in [1.165, 1.54) is 18.9 Å². The maximum Gasteiger partial charge on any atom is 0.337 e. The second kappa shape index (κ2) is 8.55. The smallest absolute Gasteiger partial charge is 0.337 e. The first-order valence-electron chi connectivity index (χ1n) is 9.04. The summed E-state index contributed by atoms with van der Waals surface area (Å²) in [6.07, 6.45) is 0.0691. The van der Waals surface area contributed by atoms with Gasteiger partial charge in [0.1, 0.15) is 0 Å². The molecule has 0 saturated carbocycles. The summed E-state index contributed by atoms with van der Waals surface area (Å²) in [7, 11) is 1.29. The number of hydrogen-bond donors (Lipinski definition) is 2. The SMILES string of the molecule is COC(=O)c1cccc(N2CC(C(=O)Nc3cccc(NC(C)=O)c3)CC2=O)c1. The number of anilines is 3. The monoisotopic (exact) mass is 395 g/mol. The molecule has 1 saturated heterocycles. The summed E-state index contributed by atoms with van der Waals surface area (Å²) in [4.78, 5) is 49.5. The molecule has 0 radical (unpaired) electrons. The van der Waals surface area contributed by atoms with Gasteiger partial charge in [-0.05, 0) is 36.4 Å². The third-order valence-electron chi connectivity index (χ3n) is 4.53. The van der Waals surface area contributed by atoms with Gasteiger partial charge in [0.05, 0.1) is 18.6 Å². The Morgan fingerprint density at radius 2 is 1.72 bits per heavy atom. The molecule has 1 atom stereocenters. The molecule has 2 aromatic carbocycles. The molecular formula is C21H21N3O5. The average Bonchev–Trinajstić information content (AvgIpc) is 3.09. The van der Waals surface area contributed by atoms with Crippen LogP contribution in [0.15, 0.2) is 48.5 Å². The van der Waals surface area contributed by atoms with Crippen LogP contribution in [0.3, 0.4) is 0 Å². The first kappa shape index (κ1) is 20.1. The van der Waals surface area contributed by atoms with Crippen molar-refractivity contribution in [3.8, 4) is 0 Å². The number of nitrogens with zero attached hydrogens (tertiary/aromatic N) is 1. The van der Waals surface area contributed by atoms with E-state index in [0.29, 0.717) is 22.6 Å². The quantitative estimate of drug-likeness (QED) is 0.757. The van der Waals surface area contributed by atoms with Crippen molar-refractivity contribution in [2.45, 2.75) is 13.3 Å². The second-order valence-corrected chi connectivity index (χ2v) is 6.70. The molecule has 2 N–H and O–H groups in total. The molecule has 3 amide bonds. The van der Waals surface area contributed by atoms with Crippen molar-refractivity contribution in [3.05, 3.63) is 54.1 Å². The molecule has 8 nitrogen and oxygen atoms in total. The standard InChI is InChI=1S/C21H21N3O5/c1-13(25)22-16-6-4-7-17(11-16)23-20(27)15-10-19(26)24(12-15)18-8-3-5-14(9-18)21(28)29-2/h3-9,11,15H,10,12H2,1-2H3,(H,22,25)(H,23,27). The van der Waals surface area contributed by atoms with Gasteiger partial charge < -0.3 is 20.3 Å². The van der Waals surface area contributed by atoms with Crippen LogP contribution in [0.4, 0.5) is 17.1 Å². The Morgan fingerprint density at radius 3 is 2.41 bits per heavy atom. The molecule has 1 fully saturated rings. The van der Waals surface area contributed by atoms with Crippen LogP contribution in [-0.4, -0.2) is 37.3 Å². The summed E-state index contributed by atoms with van der Waals surface area (Å²) in [5, 5.41) is 5.44. The third-order valence-corrected chi connectivity index (χ3v) is 4.53. The number of nitrogens with one attached hydrogen (secondary N) is 2. The summed E-state index contributed by atoms with van der Waals surface area (Å²) < 4.78 is 4.71. The Balaban J connectivity index is 1.69. The van der Waals surface area contributed by atoms with Crippen LogP contribution in [0.1, 0.15) is 23.7 Å². The molecule has 1 aliphatic heterocycles. The molecule has 0 bridgehead atoms. The van der Waals surface area contributed by atoms with E-state index in [1.54, 1.807) is 48.5 Å². The Kier molecular flexibility index (Phi) is 5.92. The van der Waals surface area contributed by atoms with Gasteiger partial charge in [-0.25, -0.2) is 4.79 Å². The highest BCUT2D eigenvalue weighted by Crippen LogP contribution is 2.27. The second-order valence-electron chi connectivity index (χ2n) is 6.70. The molecule has 0 aliphatic carbocycles. The van der Waals surface area contributed by atoms with Crippen LogP contribution < -0.4 is 15.5 Å². The molecule has 29 heavy (non-hydrogen) atoms. The topological polar surface area (TPSA) is 105 Å². The summed E-state index contributed by atoms with van der Waals surface area (Å²) in [5.74, 6) is -1.72. The number of carbonyl (C=O) groups excluding carboxylic acids is 4. The molecule has 1 unspecified atom stereocenters. The molecule has 8 heteroatoms. The fourth-order valence-electron chi connectivity index (χ4n) is 3.17. The molecule has 3 rings (SSSR count). The molecule has 1 heterocycles. The van der Waals surface area contributed by atoms with Crippen molar-refractivity contribution in [3.63, 3.8) is 0 Å². The lowest BCUT2D eigenvalue weighted by Crippen LogP contribution is -2.28. The maximum atomic E-state index is 12.6. The Labute approximate surface area is 167 Å². The van der Waals surface area contributed by atoms with Gasteiger partial charge in [-0.3, -0.25) is 14.4 Å². The van der Waals surface area contributed by atoms with Gasteiger partial charge >= 0.3 is 5.97 Å². The largest absolute Gasteiger partial charge is 0.465 e. The maximum absolute atomic E-state index is 12.6. The van der Waals surface area contributed by atoms with Gasteiger partial charge in [-0.2, -0.15) is 0 Å². The summed E-state index contributed by atoms with van der Waals surface area (Å²) in [5.41, 5.74) is 1.97. The highest BCUT2D eigenvalue weighted by Gasteiger charge is 2.35. The fraction of sp³-hybridized carbons (Fsp3) is 0.238. The van der Waals surface area contributed by atoms with Crippen molar-refractivity contribution in [2.24, 2.45) is 5.92 Å². The van der Waals surface area contributed by atoms with Crippen LogP contribution in [0.2, 0.25) is 0 Å². The molecular weight excluding hydrogens is 374 g/mol. The van der Waals surface area contributed by atoms with E-state index in [0.717, 1.165) is 0 Å². The molecule has 0 aromatic heterocycles. The van der Waals surface area contributed by atoms with Gasteiger partial charge in [0, 0.05) is 37.0 Å². The van der Waals surface area contributed by atoms with Gasteiger partial charge in [-0.1, -0.05) is 12.1 Å². The van der Waals surface area contributed by atoms with E-state index in [-0.39, 0.29) is 30.7 Å². The van der Waals surface area contributed by atoms with E-state index >= 15 is 0 Å². The zero-order valence-corrected chi connectivity index (χ0v) is 16.1. The Hall–Kier alpha value is -3.68. The van der Waals surface area contributed by atoms with Gasteiger partial charge in [0.2, 0.25) is 17.7 Å². The van der Waals surface area contributed by atoms with Gasteiger partial charge in [0.25, 0.3) is 0 Å². The molecule has 2 aromatic rings. The minimum atomic E-state index is -0.534. The lowest BCUT2D eigenvalue weighted by Gasteiger charge is -2.17. The van der Waals surface area contributed by atoms with Gasteiger partial charge in [0.15, 0.2) is 0 Å². The van der Waals surface area contributed by atoms with Crippen LogP contribution in [0.25, 0.3) is 0 Å². The highest BCUT2D eigenvalue weighted by molar-refractivity contribution is 6.04. The number of hydrogen-bond acceptors (Lipinski definition) is 5. The number of methoxy groups -OCH3 is 1. The average molecular weight is 395 g/mol. The summed E-state index contributed by atoms with van der Waals surface area (Å²) in [6, 6.07) is 13.3. The zero-order chi connectivity index (χ0) is 21.0. The number of rotatable bonds is 5. The van der Waals surface area contributed by atoms with E-state index < -0.39 is 11.9 Å². The first-order chi connectivity index (χ1) is 13.9. The van der Waals surface area contributed by atoms with Gasteiger partial charge in [-0.15, -0.1) is 0 Å². The summed E-state index contributed by atoms with van der Waals surface area (Å²) >= 11 is 0. The first-order valence-corrected chi connectivity index (χ1v) is 9.04. The van der Waals surface area contributed by atoms with Crippen molar-refractivity contribution in [1.82, 2.24) is 0 Å². The number of carbonyl (C=O) groups is 4. The minimum Gasteiger partial charge on any atom is -0.465 e. The van der Waals surface area contributed by atoms with Crippen LogP contribution in [0, 0.1) is 5.92 Å². The van der Waals surface area contributed by atoms with Crippen molar-refractivity contribution in [1.29, 1.82) is 0 Å². The molecule has 1 aliphatic rings. The molecule has 150 valence electrons. The Bertz CT molecular complexity index is 972. The van der Waals surface area contributed by atoms with Crippen molar-refractivity contribution < 1.29 is 23.9 Å². The third kappa shape index (κ3) is 4.78. The minimum absolute atomic E-state index is 0.0691. The fourth-order valence-corrected chi connectivity index (χ4v) is 3.17. The van der Waals surface area contributed by atoms with Crippen LogP contribution in [-0.2, 0) is 19.1 Å². The lowest BCUT2D eigenvalue weighted by atomic mass is 10.1. The number of benzene rings is 2. The van der Waals surface area contributed by atoms with Crippen molar-refractivity contribution >= 4 is 40.8 Å². The van der Waals surface area contributed by atoms with E-state index in [9.17, 15) is 19.2 Å². The van der Waals surface area contributed by atoms with Crippen molar-refractivity contribution in [2.75, 3.05) is 29.2 Å². The highest BCUT2D eigenvalue weighted by atomic mass is 16.5. The molecule has 0 spiro atoms. The van der Waals surface area contributed by atoms with E-state index in [1.807, 2.05) is 0 Å². The zero-order valence-electron chi connectivity index (χ0n) is 16.1.